The lowest BCUT2D eigenvalue weighted by Crippen LogP contribution is -2.27. The molecule has 0 fully saturated rings. The van der Waals surface area contributed by atoms with Crippen molar-refractivity contribution in [2.24, 2.45) is 5.14 Å². The molecule has 0 saturated carbocycles. The van der Waals surface area contributed by atoms with Gasteiger partial charge in [0.25, 0.3) is 20.3 Å². The van der Waals surface area contributed by atoms with E-state index in [4.69, 9.17) is 9.69 Å². The van der Waals surface area contributed by atoms with Gasteiger partial charge in [-0.05, 0) is 36.8 Å². The van der Waals surface area contributed by atoms with Crippen LogP contribution >= 0.6 is 0 Å². The predicted molar refractivity (Wildman–Crippen MR) is 112 cm³/mol. The molecule has 0 radical (unpaired) electrons. The molecule has 0 aliphatic heterocycles. The number of benzene rings is 2. The lowest BCUT2D eigenvalue weighted by Gasteiger charge is -2.14. The Kier molecular flexibility index (Phi) is 9.20. The van der Waals surface area contributed by atoms with E-state index in [1.54, 1.807) is 36.4 Å². The molecule has 9 nitrogen and oxygen atoms in total. The Morgan fingerprint density at radius 3 is 1.90 bits per heavy atom. The van der Waals surface area contributed by atoms with Crippen molar-refractivity contribution >= 4 is 26.0 Å². The molecule has 0 saturated heterocycles. The fourth-order valence-electron chi connectivity index (χ4n) is 2.11. The Labute approximate surface area is 171 Å². The third kappa shape index (κ3) is 10.4. The topological polar surface area (TPSA) is 159 Å². The molecule has 29 heavy (non-hydrogen) atoms. The Morgan fingerprint density at radius 2 is 1.48 bits per heavy atom. The first-order chi connectivity index (χ1) is 13.3. The van der Waals surface area contributed by atoms with Crippen LogP contribution in [0.4, 0.5) is 5.69 Å². The molecule has 11 heteroatoms. The molecule has 1 atom stereocenters. The van der Waals surface area contributed by atoms with Crippen molar-refractivity contribution < 1.29 is 26.5 Å². The molecule has 1 unspecified atom stereocenters. The molecule has 6 N–H and O–H groups in total. The van der Waals surface area contributed by atoms with Gasteiger partial charge in [0.15, 0.2) is 0 Å². The van der Waals surface area contributed by atoms with Crippen LogP contribution in [0.5, 0.6) is 0 Å². The molecular formula is C18H27N3O6S2. The highest BCUT2D eigenvalue weighted by atomic mass is 32.2. The molecule has 0 aromatic heterocycles. The first kappa shape index (κ1) is 25.0. The van der Waals surface area contributed by atoms with Crippen molar-refractivity contribution in [3.8, 4) is 0 Å². The average Bonchev–Trinajstić information content (AvgIpc) is 2.59. The summed E-state index contributed by atoms with van der Waals surface area (Å²) in [6.45, 7) is 6.27. The van der Waals surface area contributed by atoms with Crippen LogP contribution in [0, 0.1) is 6.92 Å². The molecule has 0 bridgehead atoms. The van der Waals surface area contributed by atoms with Crippen LogP contribution in [0.2, 0.25) is 0 Å². The van der Waals surface area contributed by atoms with Gasteiger partial charge in [0.05, 0.1) is 11.0 Å². The maximum Gasteiger partial charge on any atom is 0.296 e. The van der Waals surface area contributed by atoms with Crippen molar-refractivity contribution in [1.29, 1.82) is 0 Å². The second kappa shape index (κ2) is 10.7. The SMILES string of the molecule is CC(C)NCC(O)c1ccc(NS(N)(=O)=O)cc1.Cc1ccc(S(=O)(=O)O)cc1. The van der Waals surface area contributed by atoms with Crippen LogP contribution in [0.15, 0.2) is 53.4 Å². The van der Waals surface area contributed by atoms with Crippen LogP contribution in [0.25, 0.3) is 0 Å². The molecule has 0 aliphatic carbocycles. The summed E-state index contributed by atoms with van der Waals surface area (Å²) in [7, 11) is -7.78. The van der Waals surface area contributed by atoms with E-state index in [0.29, 0.717) is 23.8 Å². The average molecular weight is 446 g/mol. The Morgan fingerprint density at radius 1 is 0.966 bits per heavy atom. The summed E-state index contributed by atoms with van der Waals surface area (Å²) in [6, 6.07) is 12.7. The van der Waals surface area contributed by atoms with Crippen LogP contribution in [0.3, 0.4) is 0 Å². The van der Waals surface area contributed by atoms with E-state index in [-0.39, 0.29) is 4.90 Å². The lowest BCUT2D eigenvalue weighted by atomic mass is 10.1. The zero-order valence-electron chi connectivity index (χ0n) is 16.4. The van der Waals surface area contributed by atoms with Crippen LogP contribution in [-0.2, 0) is 20.3 Å². The van der Waals surface area contributed by atoms with Gasteiger partial charge in [0.1, 0.15) is 0 Å². The van der Waals surface area contributed by atoms with Gasteiger partial charge in [-0.1, -0.05) is 43.7 Å². The van der Waals surface area contributed by atoms with Gasteiger partial charge < -0.3 is 10.4 Å². The molecule has 2 rings (SSSR count). The van der Waals surface area contributed by atoms with Gasteiger partial charge in [-0.25, -0.2) is 5.14 Å². The lowest BCUT2D eigenvalue weighted by molar-refractivity contribution is 0.171. The van der Waals surface area contributed by atoms with Gasteiger partial charge >= 0.3 is 0 Å². The fraction of sp³-hybridized carbons (Fsp3) is 0.333. The van der Waals surface area contributed by atoms with Crippen molar-refractivity contribution in [3.05, 3.63) is 59.7 Å². The summed E-state index contributed by atoms with van der Waals surface area (Å²) in [5, 5.41) is 17.8. The minimum absolute atomic E-state index is 0.0666. The van der Waals surface area contributed by atoms with Crippen LogP contribution < -0.4 is 15.2 Å². The Bertz CT molecular complexity index is 973. The number of hydrogen-bond donors (Lipinski definition) is 5. The highest BCUT2D eigenvalue weighted by Gasteiger charge is 2.09. The monoisotopic (exact) mass is 445 g/mol. The molecular weight excluding hydrogens is 418 g/mol. The Balaban J connectivity index is 0.000000326. The Hall–Kier alpha value is -2.02. The number of aliphatic hydroxyl groups is 1. The van der Waals surface area contributed by atoms with E-state index >= 15 is 0 Å². The third-order valence-corrected chi connectivity index (χ3v) is 4.98. The van der Waals surface area contributed by atoms with Crippen LogP contribution in [-0.4, -0.2) is 39.1 Å². The van der Waals surface area contributed by atoms with Gasteiger partial charge in [0.2, 0.25) is 0 Å². The number of hydrogen-bond acceptors (Lipinski definition) is 6. The predicted octanol–water partition coefficient (Wildman–Crippen LogP) is 1.58. The van der Waals surface area contributed by atoms with Crippen molar-refractivity contribution in [2.45, 2.75) is 37.8 Å². The van der Waals surface area contributed by atoms with Gasteiger partial charge in [-0.3, -0.25) is 9.27 Å². The highest BCUT2D eigenvalue weighted by Crippen LogP contribution is 2.16. The summed E-state index contributed by atoms with van der Waals surface area (Å²) < 4.78 is 53.3. The summed E-state index contributed by atoms with van der Waals surface area (Å²) in [5.74, 6) is 0. The molecule has 162 valence electrons. The molecule has 2 aromatic carbocycles. The van der Waals surface area contributed by atoms with Gasteiger partial charge in [-0.15, -0.1) is 0 Å². The number of aryl methyl sites for hydroxylation is 1. The number of anilines is 1. The van der Waals surface area contributed by atoms with Gasteiger partial charge in [-0.2, -0.15) is 16.8 Å². The normalized spacial score (nSPS) is 12.8. The van der Waals surface area contributed by atoms with Gasteiger partial charge in [0, 0.05) is 18.3 Å². The quantitative estimate of drug-likeness (QED) is 0.405. The van der Waals surface area contributed by atoms with Crippen molar-refractivity contribution in [2.75, 3.05) is 11.3 Å². The van der Waals surface area contributed by atoms with E-state index in [9.17, 15) is 21.9 Å². The molecule has 0 aliphatic rings. The molecule has 0 spiro atoms. The first-order valence-corrected chi connectivity index (χ1v) is 11.6. The number of nitrogens with one attached hydrogen (secondary N) is 2. The molecule has 2 aromatic rings. The summed E-state index contributed by atoms with van der Waals surface area (Å²) in [5.41, 5.74) is 2.03. The van der Waals surface area contributed by atoms with E-state index in [2.05, 4.69) is 10.0 Å². The summed E-state index contributed by atoms with van der Waals surface area (Å²) in [4.78, 5) is -0.0666. The van der Waals surface area contributed by atoms with Crippen molar-refractivity contribution in [3.63, 3.8) is 0 Å². The third-order valence-electron chi connectivity index (χ3n) is 3.59. The second-order valence-electron chi connectivity index (χ2n) is 6.64. The number of aliphatic hydroxyl groups excluding tert-OH is 1. The standard InChI is InChI=1S/C11H19N3O3S.C7H8O3S/c1-8(2)13-7-11(15)9-3-5-10(6-4-9)14-18(12,16)17;1-6-2-4-7(5-3-6)11(8,9)10/h3-6,8,11,13-15H,7H2,1-2H3,(H2,12,16,17);2-5H,1H3,(H,8,9,10). The highest BCUT2D eigenvalue weighted by molar-refractivity contribution is 7.90. The zero-order chi connectivity index (χ0) is 22.2. The molecule has 0 amide bonds. The van der Waals surface area contributed by atoms with E-state index in [1.807, 2.05) is 20.8 Å². The van der Waals surface area contributed by atoms with E-state index in [1.165, 1.54) is 12.1 Å². The first-order valence-electron chi connectivity index (χ1n) is 8.64. The largest absolute Gasteiger partial charge is 0.387 e. The van der Waals surface area contributed by atoms with E-state index < -0.39 is 26.4 Å². The maximum absolute atomic E-state index is 10.8. The maximum atomic E-state index is 10.8. The second-order valence-corrected chi connectivity index (χ2v) is 9.35. The molecule has 0 heterocycles. The summed E-state index contributed by atoms with van der Waals surface area (Å²) in [6.07, 6.45) is -0.629. The zero-order valence-corrected chi connectivity index (χ0v) is 18.0. The van der Waals surface area contributed by atoms with E-state index in [0.717, 1.165) is 5.56 Å². The minimum atomic E-state index is -4.02. The van der Waals surface area contributed by atoms with Crippen molar-refractivity contribution in [1.82, 2.24) is 5.32 Å². The number of nitrogens with two attached hydrogens (primary N) is 1. The minimum Gasteiger partial charge on any atom is -0.387 e. The van der Waals surface area contributed by atoms with Crippen LogP contribution in [0.1, 0.15) is 31.1 Å². The smallest absolute Gasteiger partial charge is 0.296 e. The number of rotatable bonds is 7. The summed E-state index contributed by atoms with van der Waals surface area (Å²) >= 11 is 0. The fourth-order valence-corrected chi connectivity index (χ4v) is 3.06.